The van der Waals surface area contributed by atoms with Gasteiger partial charge in [-0.2, -0.15) is 4.98 Å². The minimum Gasteiger partial charge on any atom is -0.507 e. The van der Waals surface area contributed by atoms with E-state index in [1.165, 1.54) is 22.9 Å². The molecule has 0 fully saturated rings. The molecule has 1 heterocycles. The monoisotopic (exact) mass is 338 g/mol. The number of aromatic nitrogens is 3. The lowest BCUT2D eigenvalue weighted by molar-refractivity contribution is 0.0694. The number of nitrogen functional groups attached to an aromatic ring is 1. The summed E-state index contributed by atoms with van der Waals surface area (Å²) in [6, 6.07) is 12.9. The number of carbonyl (C=O) groups is 1. The molecule has 2 aromatic carbocycles. The molecule has 0 atom stereocenters. The Morgan fingerprint density at radius 3 is 2.60 bits per heavy atom. The fourth-order valence-electron chi connectivity index (χ4n) is 2.17. The molecule has 1 aromatic heterocycles. The van der Waals surface area contributed by atoms with Crippen LogP contribution in [0.2, 0.25) is 0 Å². The number of nitrogens with one attached hydrogen (secondary N) is 2. The first-order valence-corrected chi connectivity index (χ1v) is 7.16. The minimum atomic E-state index is -1.26. The third-order valence-electron chi connectivity index (χ3n) is 3.36. The van der Waals surface area contributed by atoms with E-state index in [9.17, 15) is 9.90 Å². The van der Waals surface area contributed by atoms with E-state index in [0.29, 0.717) is 11.4 Å². The third-order valence-corrected chi connectivity index (χ3v) is 3.36. The SMILES string of the molecule is N=c1c(N)nc(Nc2ccc(O)c(C(=O)O)c2)nn1-c1ccccc1. The lowest BCUT2D eigenvalue weighted by Gasteiger charge is -2.11. The first kappa shape index (κ1) is 16.0. The molecule has 3 aromatic rings. The normalized spacial score (nSPS) is 10.4. The number of aromatic carboxylic acids is 1. The molecule has 6 N–H and O–H groups in total. The van der Waals surface area contributed by atoms with Crippen LogP contribution in [0.25, 0.3) is 5.69 Å². The van der Waals surface area contributed by atoms with Gasteiger partial charge in [0.25, 0.3) is 0 Å². The molecule has 0 saturated carbocycles. The highest BCUT2D eigenvalue weighted by molar-refractivity contribution is 5.92. The van der Waals surface area contributed by atoms with Gasteiger partial charge in [-0.25, -0.2) is 9.48 Å². The van der Waals surface area contributed by atoms with Gasteiger partial charge >= 0.3 is 5.97 Å². The van der Waals surface area contributed by atoms with Gasteiger partial charge in [-0.3, -0.25) is 5.41 Å². The van der Waals surface area contributed by atoms with Crippen LogP contribution < -0.4 is 16.5 Å². The molecule has 0 aliphatic heterocycles. The van der Waals surface area contributed by atoms with Crippen molar-refractivity contribution in [1.82, 2.24) is 14.8 Å². The smallest absolute Gasteiger partial charge is 0.339 e. The second kappa shape index (κ2) is 6.32. The number of benzene rings is 2. The third kappa shape index (κ3) is 3.24. The molecule has 3 rings (SSSR count). The van der Waals surface area contributed by atoms with E-state index in [1.807, 2.05) is 6.07 Å². The van der Waals surface area contributed by atoms with Crippen molar-refractivity contribution in [2.75, 3.05) is 11.1 Å². The quantitative estimate of drug-likeness (QED) is 0.452. The molecule has 0 spiro atoms. The van der Waals surface area contributed by atoms with Crippen molar-refractivity contribution in [3.8, 4) is 11.4 Å². The maximum atomic E-state index is 11.1. The maximum absolute atomic E-state index is 11.1. The van der Waals surface area contributed by atoms with Crippen LogP contribution in [0.5, 0.6) is 5.75 Å². The maximum Gasteiger partial charge on any atom is 0.339 e. The first-order valence-electron chi connectivity index (χ1n) is 7.16. The van der Waals surface area contributed by atoms with Gasteiger partial charge < -0.3 is 21.3 Å². The molecule has 0 unspecified atom stereocenters. The van der Waals surface area contributed by atoms with Crippen molar-refractivity contribution in [1.29, 1.82) is 5.41 Å². The van der Waals surface area contributed by atoms with Crippen LogP contribution in [0, 0.1) is 5.41 Å². The Morgan fingerprint density at radius 1 is 1.20 bits per heavy atom. The van der Waals surface area contributed by atoms with Crippen molar-refractivity contribution in [3.63, 3.8) is 0 Å². The zero-order valence-electron chi connectivity index (χ0n) is 12.8. The van der Waals surface area contributed by atoms with E-state index in [4.69, 9.17) is 16.2 Å². The summed E-state index contributed by atoms with van der Waals surface area (Å²) in [7, 11) is 0. The molecule has 126 valence electrons. The number of carboxylic acids is 1. The lowest BCUT2D eigenvalue weighted by atomic mass is 10.2. The molecule has 0 aliphatic rings. The molecular weight excluding hydrogens is 324 g/mol. The topological polar surface area (TPSA) is 150 Å². The van der Waals surface area contributed by atoms with Gasteiger partial charge in [-0.1, -0.05) is 18.2 Å². The predicted octanol–water partition coefficient (Wildman–Crippen LogP) is 1.48. The molecule has 0 aliphatic carbocycles. The van der Waals surface area contributed by atoms with Crippen LogP contribution in [0.15, 0.2) is 48.5 Å². The van der Waals surface area contributed by atoms with Gasteiger partial charge in [0.15, 0.2) is 11.3 Å². The Kier molecular flexibility index (Phi) is 4.04. The summed E-state index contributed by atoms with van der Waals surface area (Å²) in [6.07, 6.45) is 0. The van der Waals surface area contributed by atoms with Gasteiger partial charge in [0.2, 0.25) is 5.95 Å². The van der Waals surface area contributed by atoms with E-state index in [2.05, 4.69) is 15.4 Å². The fourth-order valence-corrected chi connectivity index (χ4v) is 2.17. The summed E-state index contributed by atoms with van der Waals surface area (Å²) in [4.78, 5) is 15.1. The number of nitrogens with two attached hydrogens (primary N) is 1. The molecule has 0 bridgehead atoms. The van der Waals surface area contributed by atoms with Crippen LogP contribution in [-0.4, -0.2) is 30.9 Å². The number of rotatable bonds is 4. The Bertz CT molecular complexity index is 1000. The van der Waals surface area contributed by atoms with Gasteiger partial charge in [-0.15, -0.1) is 5.10 Å². The van der Waals surface area contributed by atoms with Crippen LogP contribution >= 0.6 is 0 Å². The molecule has 9 nitrogen and oxygen atoms in total. The Hall–Kier alpha value is -3.88. The Balaban J connectivity index is 2.02. The van der Waals surface area contributed by atoms with Gasteiger partial charge in [-0.05, 0) is 30.3 Å². The molecule has 0 saturated heterocycles. The van der Waals surface area contributed by atoms with Gasteiger partial charge in [0, 0.05) is 5.69 Å². The van der Waals surface area contributed by atoms with E-state index in [1.54, 1.807) is 24.3 Å². The van der Waals surface area contributed by atoms with Crippen LogP contribution in [0.1, 0.15) is 10.4 Å². The minimum absolute atomic E-state index is 0.0430. The number of anilines is 3. The summed E-state index contributed by atoms with van der Waals surface area (Å²) in [5.74, 6) is -1.57. The zero-order valence-corrected chi connectivity index (χ0v) is 12.8. The van der Waals surface area contributed by atoms with Crippen molar-refractivity contribution in [2.45, 2.75) is 0 Å². The number of aromatic hydroxyl groups is 1. The summed E-state index contributed by atoms with van der Waals surface area (Å²) < 4.78 is 1.31. The van der Waals surface area contributed by atoms with E-state index in [-0.39, 0.29) is 28.6 Å². The highest BCUT2D eigenvalue weighted by atomic mass is 16.4. The number of phenols is 1. The van der Waals surface area contributed by atoms with E-state index >= 15 is 0 Å². The van der Waals surface area contributed by atoms with Crippen molar-refractivity contribution in [3.05, 3.63) is 59.6 Å². The second-order valence-corrected chi connectivity index (χ2v) is 5.08. The zero-order chi connectivity index (χ0) is 18.0. The van der Waals surface area contributed by atoms with Crippen molar-refractivity contribution >= 4 is 23.4 Å². The number of carboxylic acid groups (broad SMARTS) is 1. The van der Waals surface area contributed by atoms with Gasteiger partial charge in [0.05, 0.1) is 5.69 Å². The highest BCUT2D eigenvalue weighted by Gasteiger charge is 2.12. The molecular formula is C16H14N6O3. The summed E-state index contributed by atoms with van der Waals surface area (Å²) in [5.41, 5.74) is 6.43. The average Bonchev–Trinajstić information content (AvgIpc) is 2.60. The summed E-state index contributed by atoms with van der Waals surface area (Å²) >= 11 is 0. The van der Waals surface area contributed by atoms with E-state index in [0.717, 1.165) is 0 Å². The summed E-state index contributed by atoms with van der Waals surface area (Å²) in [6.45, 7) is 0. The molecule has 0 radical (unpaired) electrons. The highest BCUT2D eigenvalue weighted by Crippen LogP contribution is 2.23. The molecule has 9 heteroatoms. The average molecular weight is 338 g/mol. The fraction of sp³-hybridized carbons (Fsp3) is 0. The van der Waals surface area contributed by atoms with Crippen LogP contribution in [0.4, 0.5) is 17.5 Å². The standard InChI is InChI=1S/C16H14N6O3/c17-13-14(18)22(10-4-2-1-3-5-10)21-16(20-13)19-9-6-7-12(23)11(8-9)15(24)25/h1-8,18,23H,(H,24,25)(H3,17,19,20,21). The van der Waals surface area contributed by atoms with Gasteiger partial charge in [0.1, 0.15) is 11.3 Å². The van der Waals surface area contributed by atoms with Crippen molar-refractivity contribution in [2.24, 2.45) is 0 Å². The van der Waals surface area contributed by atoms with E-state index < -0.39 is 5.97 Å². The summed E-state index contributed by atoms with van der Waals surface area (Å²) in [5, 5.41) is 33.7. The molecule has 25 heavy (non-hydrogen) atoms. The van der Waals surface area contributed by atoms with Crippen LogP contribution in [0.3, 0.4) is 0 Å². The van der Waals surface area contributed by atoms with Crippen molar-refractivity contribution < 1.29 is 15.0 Å². The second-order valence-electron chi connectivity index (χ2n) is 5.08. The number of hydrogen-bond acceptors (Lipinski definition) is 7. The number of nitrogens with zero attached hydrogens (tertiary/aromatic N) is 3. The number of para-hydroxylation sites is 1. The Labute approximate surface area is 141 Å². The largest absolute Gasteiger partial charge is 0.507 e. The molecule has 0 amide bonds. The first-order chi connectivity index (χ1) is 12.0. The van der Waals surface area contributed by atoms with Crippen LogP contribution in [-0.2, 0) is 0 Å². The predicted molar refractivity (Wildman–Crippen MR) is 90.0 cm³/mol. The number of hydrogen-bond donors (Lipinski definition) is 5. The lowest BCUT2D eigenvalue weighted by Crippen LogP contribution is -2.26. The Morgan fingerprint density at radius 2 is 1.92 bits per heavy atom.